The van der Waals surface area contributed by atoms with Crippen LogP contribution in [0, 0.1) is 0 Å². The molecule has 1 N–H and O–H groups in total. The molecule has 0 fully saturated rings. The van der Waals surface area contributed by atoms with E-state index in [1.54, 1.807) is 12.4 Å². The molecule has 3 nitrogen and oxygen atoms in total. The van der Waals surface area contributed by atoms with Crippen LogP contribution in [0.3, 0.4) is 0 Å². The molecule has 3 aromatic rings. The maximum Gasteiger partial charge on any atom is 0.199 e. The fourth-order valence-electron chi connectivity index (χ4n) is 1.68. The molecule has 0 radical (unpaired) electrons. The van der Waals surface area contributed by atoms with E-state index in [-0.39, 0.29) is 5.43 Å². The van der Waals surface area contributed by atoms with Crippen molar-refractivity contribution in [1.29, 1.82) is 0 Å². The van der Waals surface area contributed by atoms with E-state index < -0.39 is 0 Å². The lowest BCUT2D eigenvalue weighted by Crippen LogP contribution is -1.78. The summed E-state index contributed by atoms with van der Waals surface area (Å²) in [5.74, 6) is 0.666. The molecule has 15 heavy (non-hydrogen) atoms. The average molecular weight is 196 g/mol. The van der Waals surface area contributed by atoms with Crippen LogP contribution < -0.4 is 5.43 Å². The molecule has 2 aromatic carbocycles. The fraction of sp³-hybridized carbons (Fsp3) is 0. The summed E-state index contributed by atoms with van der Waals surface area (Å²) in [6, 6.07) is 9.65. The minimum Gasteiger partial charge on any atom is -0.344 e. The summed E-state index contributed by atoms with van der Waals surface area (Å²) in [5, 5.41) is 0. The van der Waals surface area contributed by atoms with Gasteiger partial charge in [0.2, 0.25) is 0 Å². The maximum absolute atomic E-state index is 11.6. The Balaban J connectivity index is 2.07. The minimum absolute atomic E-state index is 0.0937. The number of hydrogen-bond donors (Lipinski definition) is 1. The van der Waals surface area contributed by atoms with E-state index in [4.69, 9.17) is 0 Å². The Hall–Kier alpha value is -2.16. The number of hydrogen-bond acceptors (Lipinski definition) is 2. The van der Waals surface area contributed by atoms with E-state index in [0.717, 1.165) is 11.1 Å². The average Bonchev–Trinajstić information content (AvgIpc) is 2.74. The van der Waals surface area contributed by atoms with Crippen LogP contribution in [0.4, 0.5) is 0 Å². The molecule has 0 atom stereocenters. The topological polar surface area (TPSA) is 45.8 Å². The lowest BCUT2D eigenvalue weighted by Gasteiger charge is -1.89. The molecule has 72 valence electrons. The van der Waals surface area contributed by atoms with Gasteiger partial charge in [-0.25, -0.2) is 4.98 Å². The molecule has 0 aliphatic rings. The first kappa shape index (κ1) is 8.17. The summed E-state index contributed by atoms with van der Waals surface area (Å²) in [6.07, 6.45) is 3.37. The van der Waals surface area contributed by atoms with Crippen molar-refractivity contribution in [3.8, 4) is 22.5 Å². The highest BCUT2D eigenvalue weighted by atomic mass is 16.1. The Kier molecular flexibility index (Phi) is 1.59. The number of benzene rings is 1. The van der Waals surface area contributed by atoms with Gasteiger partial charge < -0.3 is 4.98 Å². The van der Waals surface area contributed by atoms with Gasteiger partial charge in [0.15, 0.2) is 5.43 Å². The molecule has 3 rings (SSSR count). The summed E-state index contributed by atoms with van der Waals surface area (Å²) in [4.78, 5) is 18.6. The quantitative estimate of drug-likeness (QED) is 0.681. The van der Waals surface area contributed by atoms with E-state index in [0.29, 0.717) is 11.4 Å². The Labute approximate surface area is 86.1 Å². The molecule has 0 aliphatic heterocycles. The third-order valence-electron chi connectivity index (χ3n) is 2.44. The van der Waals surface area contributed by atoms with Crippen LogP contribution in [0.25, 0.3) is 22.5 Å². The van der Waals surface area contributed by atoms with Gasteiger partial charge in [-0.05, 0) is 5.56 Å². The van der Waals surface area contributed by atoms with Crippen molar-refractivity contribution in [2.45, 2.75) is 0 Å². The highest BCUT2D eigenvalue weighted by Gasteiger charge is 2.26. The van der Waals surface area contributed by atoms with Gasteiger partial charge in [0, 0.05) is 18.0 Å². The lowest BCUT2D eigenvalue weighted by molar-refractivity contribution is 1.33. The predicted octanol–water partition coefficient (Wildman–Crippen LogP) is 1.98. The monoisotopic (exact) mass is 196 g/mol. The highest BCUT2D eigenvalue weighted by molar-refractivity contribution is 5.91. The number of nitrogens with one attached hydrogen (secondary N) is 1. The molecule has 3 heteroatoms. The summed E-state index contributed by atoms with van der Waals surface area (Å²) in [5.41, 5.74) is 2.56. The predicted molar refractivity (Wildman–Crippen MR) is 58.1 cm³/mol. The minimum atomic E-state index is 0.0937. The molecule has 0 aliphatic carbocycles. The second-order valence-corrected chi connectivity index (χ2v) is 3.38. The Morgan fingerprint density at radius 3 is 2.53 bits per heavy atom. The van der Waals surface area contributed by atoms with Crippen LogP contribution in [-0.4, -0.2) is 9.97 Å². The Bertz CT molecular complexity index is 587. The summed E-state index contributed by atoms with van der Waals surface area (Å²) >= 11 is 0. The number of nitrogens with zero attached hydrogens (tertiary/aromatic N) is 1. The molecular formula is C12H8N2O. The van der Waals surface area contributed by atoms with Gasteiger partial charge in [0.25, 0.3) is 0 Å². The third kappa shape index (κ3) is 1.21. The first-order valence-corrected chi connectivity index (χ1v) is 4.72. The molecule has 0 amide bonds. The molecule has 0 saturated carbocycles. The second-order valence-electron chi connectivity index (χ2n) is 3.38. The zero-order valence-corrected chi connectivity index (χ0v) is 7.90. The molecule has 1 aromatic heterocycles. The van der Waals surface area contributed by atoms with Gasteiger partial charge in [-0.3, -0.25) is 4.79 Å². The van der Waals surface area contributed by atoms with Crippen molar-refractivity contribution in [2.24, 2.45) is 0 Å². The maximum atomic E-state index is 11.6. The normalized spacial score (nSPS) is 10.9. The van der Waals surface area contributed by atoms with Crippen LogP contribution in [0.2, 0.25) is 0 Å². The highest BCUT2D eigenvalue weighted by Crippen LogP contribution is 2.31. The zero-order chi connectivity index (χ0) is 10.3. The smallest absolute Gasteiger partial charge is 0.199 e. The van der Waals surface area contributed by atoms with Gasteiger partial charge in [-0.15, -0.1) is 0 Å². The molecule has 1 heterocycles. The standard InChI is InChI=1S/C12H8N2O/c15-11-9(8-4-2-1-3-5-8)10(11)12-13-6-7-14-12/h1-7H,(H,13,14). The van der Waals surface area contributed by atoms with Crippen molar-refractivity contribution in [2.75, 3.05) is 0 Å². The number of aromatic nitrogens is 2. The van der Waals surface area contributed by atoms with Crippen LogP contribution in [0.5, 0.6) is 0 Å². The summed E-state index contributed by atoms with van der Waals surface area (Å²) < 4.78 is 0. The fourth-order valence-corrected chi connectivity index (χ4v) is 1.68. The van der Waals surface area contributed by atoms with Crippen LogP contribution in [0.15, 0.2) is 47.5 Å². The van der Waals surface area contributed by atoms with Crippen molar-refractivity contribution in [3.05, 3.63) is 52.9 Å². The number of aromatic amines is 1. The number of imidazole rings is 1. The zero-order valence-electron chi connectivity index (χ0n) is 7.90. The molecule has 0 bridgehead atoms. The van der Waals surface area contributed by atoms with Crippen molar-refractivity contribution >= 4 is 0 Å². The molecule has 0 saturated heterocycles. The summed E-state index contributed by atoms with van der Waals surface area (Å²) in [6.45, 7) is 0. The van der Waals surface area contributed by atoms with Crippen LogP contribution in [0.1, 0.15) is 0 Å². The molecular weight excluding hydrogens is 188 g/mol. The summed E-state index contributed by atoms with van der Waals surface area (Å²) in [7, 11) is 0. The van der Waals surface area contributed by atoms with E-state index in [1.807, 2.05) is 30.3 Å². The van der Waals surface area contributed by atoms with E-state index in [1.165, 1.54) is 0 Å². The van der Waals surface area contributed by atoms with Crippen molar-refractivity contribution in [1.82, 2.24) is 9.97 Å². The number of H-pyrrole nitrogens is 1. The lowest BCUT2D eigenvalue weighted by atomic mass is 10.2. The molecule has 0 spiro atoms. The van der Waals surface area contributed by atoms with E-state index >= 15 is 0 Å². The number of rotatable bonds is 2. The van der Waals surface area contributed by atoms with Crippen LogP contribution in [-0.2, 0) is 0 Å². The second kappa shape index (κ2) is 2.92. The molecule has 0 unspecified atom stereocenters. The SMILES string of the molecule is O=c1c(-c2ccccc2)c1-c1ncc[nH]1. The van der Waals surface area contributed by atoms with Gasteiger partial charge >= 0.3 is 0 Å². The Morgan fingerprint density at radius 2 is 1.87 bits per heavy atom. The van der Waals surface area contributed by atoms with Gasteiger partial charge in [0.05, 0.1) is 5.56 Å². The largest absolute Gasteiger partial charge is 0.344 e. The van der Waals surface area contributed by atoms with Crippen molar-refractivity contribution in [3.63, 3.8) is 0 Å². The Morgan fingerprint density at radius 1 is 1.07 bits per heavy atom. The van der Waals surface area contributed by atoms with Crippen molar-refractivity contribution < 1.29 is 0 Å². The van der Waals surface area contributed by atoms with Crippen LogP contribution >= 0.6 is 0 Å². The van der Waals surface area contributed by atoms with Gasteiger partial charge in [-0.2, -0.15) is 0 Å². The van der Waals surface area contributed by atoms with E-state index in [2.05, 4.69) is 9.97 Å². The third-order valence-corrected chi connectivity index (χ3v) is 2.44. The van der Waals surface area contributed by atoms with Gasteiger partial charge in [0.1, 0.15) is 5.82 Å². The first-order valence-electron chi connectivity index (χ1n) is 4.72. The van der Waals surface area contributed by atoms with E-state index in [9.17, 15) is 4.79 Å². The van der Waals surface area contributed by atoms with Gasteiger partial charge in [-0.1, -0.05) is 30.3 Å². The first-order chi connectivity index (χ1) is 7.38.